The molecule has 1 amide bonds. The topological polar surface area (TPSA) is 71.3 Å². The van der Waals surface area contributed by atoms with Crippen molar-refractivity contribution in [3.63, 3.8) is 0 Å². The quantitative estimate of drug-likeness (QED) is 0.493. The number of rotatable bonds is 5. The number of halogens is 1. The summed E-state index contributed by atoms with van der Waals surface area (Å²) in [5, 5.41) is 10.4. The van der Waals surface area contributed by atoms with E-state index < -0.39 is 11.7 Å². The van der Waals surface area contributed by atoms with Gasteiger partial charge < -0.3 is 5.32 Å². The van der Waals surface area contributed by atoms with E-state index >= 15 is 0 Å². The van der Waals surface area contributed by atoms with Gasteiger partial charge in [0.05, 0.1) is 12.2 Å². The van der Waals surface area contributed by atoms with Gasteiger partial charge >= 0.3 is 0 Å². The molecule has 0 atom stereocenters. The number of anilines is 1. The molecule has 30 heavy (non-hydrogen) atoms. The second-order valence-electron chi connectivity index (χ2n) is 7.04. The number of hydrogen-bond donors (Lipinski definition) is 2. The van der Waals surface area contributed by atoms with Crippen LogP contribution in [-0.4, -0.2) is 21.6 Å². The van der Waals surface area contributed by atoms with Gasteiger partial charge in [0.2, 0.25) is 5.96 Å². The predicted octanol–water partition coefficient (Wildman–Crippen LogP) is 4.14. The Labute approximate surface area is 175 Å². The van der Waals surface area contributed by atoms with Gasteiger partial charge in [-0.25, -0.2) is 9.38 Å². The van der Waals surface area contributed by atoms with Crippen LogP contribution in [0.3, 0.4) is 0 Å². The zero-order valence-electron chi connectivity index (χ0n) is 17.7. The lowest BCUT2D eigenvalue weighted by Crippen LogP contribution is -2.36. The van der Waals surface area contributed by atoms with E-state index in [4.69, 9.17) is 0 Å². The van der Waals surface area contributed by atoms with Crippen LogP contribution in [0.15, 0.2) is 53.5 Å². The summed E-state index contributed by atoms with van der Waals surface area (Å²) in [4.78, 5) is 17.3. The summed E-state index contributed by atoms with van der Waals surface area (Å²) in [6.07, 6.45) is 0.828. The second kappa shape index (κ2) is 9.35. The molecule has 6 nitrogen and oxygen atoms in total. The molecule has 0 saturated heterocycles. The Morgan fingerprint density at radius 1 is 1.17 bits per heavy atom. The Hall–Kier alpha value is -3.48. The summed E-state index contributed by atoms with van der Waals surface area (Å²) in [6, 6.07) is 13.4. The molecule has 3 rings (SSSR count). The molecule has 0 aliphatic rings. The normalized spacial score (nSPS) is 11.4. The van der Waals surface area contributed by atoms with Crippen molar-refractivity contribution in [3.8, 4) is 0 Å². The van der Waals surface area contributed by atoms with Crippen LogP contribution in [0.1, 0.15) is 39.8 Å². The summed E-state index contributed by atoms with van der Waals surface area (Å²) < 4.78 is 15.3. The summed E-state index contributed by atoms with van der Waals surface area (Å²) >= 11 is 0. The van der Waals surface area contributed by atoms with Crippen molar-refractivity contribution in [1.29, 1.82) is 0 Å². The first kappa shape index (κ1) is 21.2. The van der Waals surface area contributed by atoms with Crippen LogP contribution in [0.5, 0.6) is 0 Å². The lowest BCUT2D eigenvalue weighted by atomic mass is 10.1. The molecule has 3 aromatic rings. The third-order valence-electron chi connectivity index (χ3n) is 5.02. The summed E-state index contributed by atoms with van der Waals surface area (Å²) in [5.41, 5.74) is 5.09. The number of benzene rings is 2. The van der Waals surface area contributed by atoms with Crippen LogP contribution in [0.2, 0.25) is 0 Å². The van der Waals surface area contributed by atoms with Crippen molar-refractivity contribution in [2.24, 2.45) is 12.0 Å². The average Bonchev–Trinajstić information content (AvgIpc) is 2.97. The SMILES string of the molecule is CCc1ccccc1NC(=NCc1c(C)nn(C)c1C)NC(=O)c1cccc(F)c1. The molecule has 7 heteroatoms. The number of nitrogens with zero attached hydrogens (tertiary/aromatic N) is 3. The van der Waals surface area contributed by atoms with Gasteiger partial charge in [0, 0.05) is 29.6 Å². The lowest BCUT2D eigenvalue weighted by Gasteiger charge is -2.14. The maximum Gasteiger partial charge on any atom is 0.258 e. The maximum atomic E-state index is 13.5. The van der Waals surface area contributed by atoms with Gasteiger partial charge in [-0.05, 0) is 50.1 Å². The van der Waals surface area contributed by atoms with Gasteiger partial charge in [-0.2, -0.15) is 5.10 Å². The highest BCUT2D eigenvalue weighted by atomic mass is 19.1. The number of hydrogen-bond acceptors (Lipinski definition) is 3. The second-order valence-corrected chi connectivity index (χ2v) is 7.04. The van der Waals surface area contributed by atoms with E-state index in [9.17, 15) is 9.18 Å². The Morgan fingerprint density at radius 2 is 1.93 bits per heavy atom. The minimum atomic E-state index is -0.466. The van der Waals surface area contributed by atoms with Crippen molar-refractivity contribution in [2.45, 2.75) is 33.7 Å². The van der Waals surface area contributed by atoms with Crippen LogP contribution in [-0.2, 0) is 20.0 Å². The minimum absolute atomic E-state index is 0.224. The third-order valence-corrected chi connectivity index (χ3v) is 5.02. The first-order valence-electron chi connectivity index (χ1n) is 9.84. The highest BCUT2D eigenvalue weighted by Crippen LogP contribution is 2.17. The molecule has 0 aliphatic heterocycles. The summed E-state index contributed by atoms with van der Waals surface area (Å²) in [6.45, 7) is 6.33. The number of aryl methyl sites for hydroxylation is 3. The first-order valence-corrected chi connectivity index (χ1v) is 9.84. The molecule has 0 bridgehead atoms. The third kappa shape index (κ3) is 4.92. The van der Waals surface area contributed by atoms with E-state index in [1.165, 1.54) is 18.2 Å². The van der Waals surface area contributed by atoms with Gasteiger partial charge in [-0.1, -0.05) is 31.2 Å². The molecule has 0 saturated carbocycles. The van der Waals surface area contributed by atoms with Crippen molar-refractivity contribution in [3.05, 3.63) is 82.4 Å². The van der Waals surface area contributed by atoms with Gasteiger partial charge in [0.1, 0.15) is 5.82 Å². The highest BCUT2D eigenvalue weighted by molar-refractivity contribution is 6.10. The number of aliphatic imine (C=N–C) groups is 1. The Bertz CT molecular complexity index is 1090. The molecule has 2 aromatic carbocycles. The zero-order valence-corrected chi connectivity index (χ0v) is 17.7. The van der Waals surface area contributed by atoms with Gasteiger partial charge in [0.15, 0.2) is 0 Å². The van der Waals surface area contributed by atoms with Gasteiger partial charge in [-0.3, -0.25) is 14.8 Å². The van der Waals surface area contributed by atoms with E-state index in [1.54, 1.807) is 6.07 Å². The van der Waals surface area contributed by atoms with Crippen molar-refractivity contribution >= 4 is 17.6 Å². The van der Waals surface area contributed by atoms with E-state index in [-0.39, 0.29) is 5.56 Å². The van der Waals surface area contributed by atoms with Gasteiger partial charge in [0.25, 0.3) is 5.91 Å². The molecule has 0 radical (unpaired) electrons. The molecule has 2 N–H and O–H groups in total. The standard InChI is InChI=1S/C23H26FN5O/c1-5-17-9-6-7-12-21(17)26-23(25-14-20-15(2)28-29(4)16(20)3)27-22(30)18-10-8-11-19(24)13-18/h6-13H,5,14H2,1-4H3,(H2,25,26,27,30). The number of nitrogens with one attached hydrogen (secondary N) is 2. The Balaban J connectivity index is 1.90. The fourth-order valence-electron chi connectivity index (χ4n) is 3.20. The Kier molecular flexibility index (Phi) is 6.61. The first-order chi connectivity index (χ1) is 14.4. The van der Waals surface area contributed by atoms with Gasteiger partial charge in [-0.15, -0.1) is 0 Å². The summed E-state index contributed by atoms with van der Waals surface area (Å²) in [7, 11) is 1.89. The smallest absolute Gasteiger partial charge is 0.258 e. The fraction of sp³-hybridized carbons (Fsp3) is 0.261. The number of carbonyl (C=O) groups excluding carboxylic acids is 1. The van der Waals surface area contributed by atoms with E-state index in [1.807, 2.05) is 49.8 Å². The summed E-state index contributed by atoms with van der Waals surface area (Å²) in [5.74, 6) is -0.603. The Morgan fingerprint density at radius 3 is 2.60 bits per heavy atom. The van der Waals surface area contributed by atoms with E-state index in [2.05, 4.69) is 27.6 Å². The maximum absolute atomic E-state index is 13.5. The van der Waals surface area contributed by atoms with E-state index in [0.29, 0.717) is 12.5 Å². The number of carbonyl (C=O) groups is 1. The molecule has 156 valence electrons. The van der Waals surface area contributed by atoms with Crippen LogP contribution in [0.25, 0.3) is 0 Å². The number of guanidine groups is 1. The molecule has 1 heterocycles. The van der Waals surface area contributed by atoms with Crippen molar-refractivity contribution in [1.82, 2.24) is 15.1 Å². The molecule has 0 fully saturated rings. The molecular weight excluding hydrogens is 381 g/mol. The zero-order chi connectivity index (χ0) is 21.7. The minimum Gasteiger partial charge on any atom is -0.326 e. The lowest BCUT2D eigenvalue weighted by molar-refractivity contribution is 0.0976. The predicted molar refractivity (Wildman–Crippen MR) is 117 cm³/mol. The highest BCUT2D eigenvalue weighted by Gasteiger charge is 2.13. The van der Waals surface area contributed by atoms with Crippen LogP contribution in [0.4, 0.5) is 10.1 Å². The van der Waals surface area contributed by atoms with Crippen LogP contribution >= 0.6 is 0 Å². The fourth-order valence-corrected chi connectivity index (χ4v) is 3.20. The molecule has 0 unspecified atom stereocenters. The number of para-hydroxylation sites is 1. The molecular formula is C23H26FN5O. The molecule has 0 spiro atoms. The van der Waals surface area contributed by atoms with Crippen molar-refractivity contribution < 1.29 is 9.18 Å². The molecule has 1 aromatic heterocycles. The largest absolute Gasteiger partial charge is 0.326 e. The van der Waals surface area contributed by atoms with E-state index in [0.717, 1.165) is 34.6 Å². The van der Waals surface area contributed by atoms with Crippen molar-refractivity contribution in [2.75, 3.05) is 5.32 Å². The van der Waals surface area contributed by atoms with Crippen LogP contribution in [0, 0.1) is 19.7 Å². The molecule has 0 aliphatic carbocycles. The number of aromatic nitrogens is 2. The number of amides is 1. The van der Waals surface area contributed by atoms with Crippen LogP contribution < -0.4 is 10.6 Å². The monoisotopic (exact) mass is 407 g/mol. The average molecular weight is 407 g/mol.